The maximum atomic E-state index is 13.9. The highest BCUT2D eigenvalue weighted by molar-refractivity contribution is 7.13. The van der Waals surface area contributed by atoms with Gasteiger partial charge in [-0.15, -0.1) is 11.3 Å². The Balaban J connectivity index is 1.30. The van der Waals surface area contributed by atoms with Gasteiger partial charge in [0.2, 0.25) is 0 Å². The molecule has 10 heteroatoms. The summed E-state index contributed by atoms with van der Waals surface area (Å²) in [5.41, 5.74) is 0.521. The second kappa shape index (κ2) is 12.1. The molecule has 4 N–H and O–H groups in total. The Labute approximate surface area is 189 Å². The Kier molecular flexibility index (Phi) is 9.47. The van der Waals surface area contributed by atoms with Crippen molar-refractivity contribution in [3.05, 3.63) is 40.9 Å². The molecule has 3 rings (SSSR count). The van der Waals surface area contributed by atoms with Crippen LogP contribution >= 0.6 is 11.3 Å². The lowest BCUT2D eigenvalue weighted by Gasteiger charge is -2.23. The van der Waals surface area contributed by atoms with Crippen molar-refractivity contribution in [3.63, 3.8) is 0 Å². The highest BCUT2D eigenvalue weighted by Crippen LogP contribution is 2.29. The van der Waals surface area contributed by atoms with Crippen LogP contribution in [-0.4, -0.2) is 81.0 Å². The van der Waals surface area contributed by atoms with Crippen LogP contribution in [0.4, 0.5) is 8.78 Å². The molecule has 32 heavy (non-hydrogen) atoms. The van der Waals surface area contributed by atoms with Crippen LogP contribution in [0.3, 0.4) is 0 Å². The van der Waals surface area contributed by atoms with Crippen molar-refractivity contribution in [2.75, 3.05) is 26.2 Å². The largest absolute Gasteiger partial charge is 0.389 e. The van der Waals surface area contributed by atoms with Gasteiger partial charge < -0.3 is 25.2 Å². The van der Waals surface area contributed by atoms with Crippen molar-refractivity contribution in [2.45, 2.75) is 56.7 Å². The lowest BCUT2D eigenvalue weighted by atomic mass is 10.1. The molecule has 0 unspecified atom stereocenters. The van der Waals surface area contributed by atoms with E-state index in [1.807, 2.05) is 4.90 Å². The fourth-order valence-corrected chi connectivity index (χ4v) is 4.57. The van der Waals surface area contributed by atoms with E-state index in [0.717, 1.165) is 25.7 Å². The summed E-state index contributed by atoms with van der Waals surface area (Å²) in [6, 6.07) is 3.74. The number of aliphatic hydroxyl groups excluding tert-OH is 4. The molecule has 178 valence electrons. The molecule has 0 saturated carbocycles. The highest BCUT2D eigenvalue weighted by atomic mass is 32.1. The van der Waals surface area contributed by atoms with Gasteiger partial charge in [0.25, 0.3) is 0 Å². The number of benzene rings is 1. The number of halogens is 2. The number of nitrogens with zero attached hydrogens (tertiary/aromatic N) is 2. The third-order valence-electron chi connectivity index (χ3n) is 5.52. The van der Waals surface area contributed by atoms with E-state index < -0.39 is 36.1 Å². The van der Waals surface area contributed by atoms with Gasteiger partial charge in [-0.05, 0) is 31.5 Å². The molecule has 1 aliphatic rings. The number of ether oxygens (including phenoxy) is 1. The zero-order valence-corrected chi connectivity index (χ0v) is 18.6. The standard InChI is InChI=1S/C22H30F2N2O5S/c23-15-6-5-7-16(24)19(15)22-25-14(13-32-22)12-31-9-4-2-1-3-8-26-10-17(27)20(29)21(30)18(28)11-26/h5-7,13,17-18,20-21,27-30H,1-4,8-12H2/t17-,18-,20+,21+/m0/s1. The lowest BCUT2D eigenvalue weighted by molar-refractivity contribution is -0.0894. The Hall–Kier alpha value is -1.53. The topological polar surface area (TPSA) is 106 Å². The van der Waals surface area contributed by atoms with Crippen molar-refractivity contribution in [2.24, 2.45) is 0 Å². The summed E-state index contributed by atoms with van der Waals surface area (Å²) in [4.78, 5) is 6.11. The number of aliphatic hydroxyl groups is 4. The predicted octanol–water partition coefficient (Wildman–Crippen LogP) is 1.92. The molecule has 2 heterocycles. The summed E-state index contributed by atoms with van der Waals surface area (Å²) in [7, 11) is 0. The van der Waals surface area contributed by atoms with Gasteiger partial charge in [-0.2, -0.15) is 0 Å². The van der Waals surface area contributed by atoms with Gasteiger partial charge in [0, 0.05) is 25.1 Å². The molecule has 1 aromatic heterocycles. The number of aromatic nitrogens is 1. The fraction of sp³-hybridized carbons (Fsp3) is 0.591. The number of unbranched alkanes of at least 4 members (excludes halogenated alkanes) is 3. The first kappa shape index (κ1) is 25.1. The van der Waals surface area contributed by atoms with Crippen LogP contribution in [0.15, 0.2) is 23.6 Å². The zero-order chi connectivity index (χ0) is 23.1. The lowest BCUT2D eigenvalue weighted by Crippen LogP contribution is -2.43. The Bertz CT molecular complexity index is 819. The summed E-state index contributed by atoms with van der Waals surface area (Å²) in [6.07, 6.45) is -1.28. The van der Waals surface area contributed by atoms with E-state index in [2.05, 4.69) is 4.98 Å². The quantitative estimate of drug-likeness (QED) is 0.392. The third-order valence-corrected chi connectivity index (χ3v) is 6.43. The highest BCUT2D eigenvalue weighted by Gasteiger charge is 2.35. The van der Waals surface area contributed by atoms with E-state index in [0.29, 0.717) is 23.9 Å². The Morgan fingerprint density at radius 2 is 1.59 bits per heavy atom. The second-order valence-electron chi connectivity index (χ2n) is 8.08. The number of rotatable bonds is 10. The molecule has 0 bridgehead atoms. The molecular formula is C22H30F2N2O5S. The Morgan fingerprint density at radius 1 is 0.969 bits per heavy atom. The number of likely N-dealkylation sites (tertiary alicyclic amines) is 1. The smallest absolute Gasteiger partial charge is 0.136 e. The normalized spacial score (nSPS) is 24.6. The van der Waals surface area contributed by atoms with Crippen LogP contribution in [-0.2, 0) is 11.3 Å². The van der Waals surface area contributed by atoms with Gasteiger partial charge >= 0.3 is 0 Å². The van der Waals surface area contributed by atoms with E-state index >= 15 is 0 Å². The SMILES string of the molecule is O[C@H]1[C@H](O)[C@@H](O)CN(CCCCCCOCc2csc(-c3c(F)cccc3F)n2)C[C@@H]1O. The number of hydrogen-bond acceptors (Lipinski definition) is 8. The van der Waals surface area contributed by atoms with Gasteiger partial charge in [-0.25, -0.2) is 13.8 Å². The first-order valence-electron chi connectivity index (χ1n) is 10.8. The van der Waals surface area contributed by atoms with E-state index in [1.165, 1.54) is 29.5 Å². The summed E-state index contributed by atoms with van der Waals surface area (Å²) in [5, 5.41) is 41.3. The van der Waals surface area contributed by atoms with E-state index in [9.17, 15) is 29.2 Å². The minimum absolute atomic E-state index is 0.114. The van der Waals surface area contributed by atoms with Crippen LogP contribution < -0.4 is 0 Å². The monoisotopic (exact) mass is 472 g/mol. The molecule has 1 aliphatic heterocycles. The molecule has 7 nitrogen and oxygen atoms in total. The van der Waals surface area contributed by atoms with Crippen LogP contribution in [0, 0.1) is 11.6 Å². The number of β-amino-alcohol motifs (C(OH)–C–C–N with tert-alkyl or cyclic N) is 2. The van der Waals surface area contributed by atoms with Crippen molar-refractivity contribution in [1.29, 1.82) is 0 Å². The minimum Gasteiger partial charge on any atom is -0.389 e. The van der Waals surface area contributed by atoms with Gasteiger partial charge in [0.05, 0.1) is 30.1 Å². The van der Waals surface area contributed by atoms with Crippen LogP contribution in [0.5, 0.6) is 0 Å². The zero-order valence-electron chi connectivity index (χ0n) is 17.7. The van der Waals surface area contributed by atoms with E-state index in [1.54, 1.807) is 5.38 Å². The maximum Gasteiger partial charge on any atom is 0.136 e. The van der Waals surface area contributed by atoms with Gasteiger partial charge in [0.1, 0.15) is 28.8 Å². The summed E-state index contributed by atoms with van der Waals surface area (Å²) < 4.78 is 33.3. The molecule has 2 aromatic rings. The van der Waals surface area contributed by atoms with E-state index in [4.69, 9.17) is 4.74 Å². The molecule has 1 saturated heterocycles. The average Bonchev–Trinajstić information content (AvgIpc) is 3.19. The van der Waals surface area contributed by atoms with Crippen LogP contribution in [0.1, 0.15) is 31.4 Å². The van der Waals surface area contributed by atoms with Gasteiger partial charge in [0.15, 0.2) is 0 Å². The van der Waals surface area contributed by atoms with Gasteiger partial charge in [-0.3, -0.25) is 4.90 Å². The average molecular weight is 473 g/mol. The molecular weight excluding hydrogens is 442 g/mol. The first-order valence-corrected chi connectivity index (χ1v) is 11.7. The van der Waals surface area contributed by atoms with Crippen molar-refractivity contribution in [1.82, 2.24) is 9.88 Å². The minimum atomic E-state index is -1.34. The fourth-order valence-electron chi connectivity index (χ4n) is 3.72. The molecule has 0 radical (unpaired) electrons. The summed E-state index contributed by atoms with van der Waals surface area (Å²) in [6.45, 7) is 1.90. The van der Waals surface area contributed by atoms with Crippen LogP contribution in [0.2, 0.25) is 0 Å². The summed E-state index contributed by atoms with van der Waals surface area (Å²) >= 11 is 1.18. The number of hydrogen-bond donors (Lipinski definition) is 4. The molecule has 0 spiro atoms. The molecule has 0 aliphatic carbocycles. The molecule has 4 atom stereocenters. The third kappa shape index (κ3) is 6.74. The molecule has 1 fully saturated rings. The second-order valence-corrected chi connectivity index (χ2v) is 8.94. The van der Waals surface area contributed by atoms with Crippen molar-refractivity contribution < 1.29 is 33.9 Å². The maximum absolute atomic E-state index is 13.9. The Morgan fingerprint density at radius 3 is 2.25 bits per heavy atom. The molecule has 0 amide bonds. The van der Waals surface area contributed by atoms with Crippen LogP contribution in [0.25, 0.3) is 10.6 Å². The summed E-state index contributed by atoms with van der Waals surface area (Å²) in [5.74, 6) is -1.27. The van der Waals surface area contributed by atoms with Crippen molar-refractivity contribution >= 4 is 11.3 Å². The predicted molar refractivity (Wildman–Crippen MR) is 116 cm³/mol. The van der Waals surface area contributed by atoms with Crippen molar-refractivity contribution in [3.8, 4) is 10.6 Å². The van der Waals surface area contributed by atoms with E-state index in [-0.39, 0.29) is 25.3 Å². The first-order chi connectivity index (χ1) is 15.4. The molecule has 1 aromatic carbocycles. The number of thiazole rings is 1. The van der Waals surface area contributed by atoms with Gasteiger partial charge in [-0.1, -0.05) is 18.9 Å².